The van der Waals surface area contributed by atoms with Gasteiger partial charge >= 0.3 is 0 Å². The first kappa shape index (κ1) is 14.6. The molecule has 4 nitrogen and oxygen atoms in total. The summed E-state index contributed by atoms with van der Waals surface area (Å²) in [5.74, 6) is 1.90. The first-order valence-corrected chi connectivity index (χ1v) is 9.64. The molecule has 3 atom stereocenters. The van der Waals surface area contributed by atoms with Crippen molar-refractivity contribution in [3.63, 3.8) is 0 Å². The van der Waals surface area contributed by atoms with E-state index in [9.17, 15) is 8.42 Å². The van der Waals surface area contributed by atoms with Gasteiger partial charge in [-0.15, -0.1) is 0 Å². The maximum absolute atomic E-state index is 11.3. The van der Waals surface area contributed by atoms with E-state index < -0.39 is 9.84 Å². The third-order valence-electron chi connectivity index (χ3n) is 4.08. The molecular formula is C12H24N2O2S2. The van der Waals surface area contributed by atoms with Crippen molar-refractivity contribution in [3.8, 4) is 0 Å². The summed E-state index contributed by atoms with van der Waals surface area (Å²) >= 11 is 2.05. The van der Waals surface area contributed by atoms with Gasteiger partial charge in [0, 0.05) is 42.7 Å². The van der Waals surface area contributed by atoms with Gasteiger partial charge in [-0.3, -0.25) is 4.90 Å². The second kappa shape index (κ2) is 6.11. The number of hydrogen-bond acceptors (Lipinski definition) is 5. The van der Waals surface area contributed by atoms with Crippen LogP contribution in [0.4, 0.5) is 0 Å². The van der Waals surface area contributed by atoms with Gasteiger partial charge in [0.25, 0.3) is 0 Å². The van der Waals surface area contributed by atoms with Crippen LogP contribution in [0.25, 0.3) is 0 Å². The highest BCUT2D eigenvalue weighted by molar-refractivity contribution is 8.00. The van der Waals surface area contributed by atoms with Crippen LogP contribution in [0.5, 0.6) is 0 Å². The van der Waals surface area contributed by atoms with Crippen molar-refractivity contribution in [3.05, 3.63) is 0 Å². The maximum Gasteiger partial charge on any atom is 0.151 e. The molecule has 0 radical (unpaired) electrons. The largest absolute Gasteiger partial charge is 0.312 e. The lowest BCUT2D eigenvalue weighted by Gasteiger charge is -2.37. The van der Waals surface area contributed by atoms with Crippen molar-refractivity contribution >= 4 is 21.6 Å². The number of thioether (sulfide) groups is 1. The Morgan fingerprint density at radius 1 is 1.39 bits per heavy atom. The molecular weight excluding hydrogens is 268 g/mol. The van der Waals surface area contributed by atoms with Crippen molar-refractivity contribution in [1.82, 2.24) is 10.2 Å². The number of nitrogens with one attached hydrogen (secondary N) is 1. The van der Waals surface area contributed by atoms with E-state index in [1.165, 1.54) is 5.75 Å². The van der Waals surface area contributed by atoms with E-state index in [0.717, 1.165) is 26.1 Å². The highest BCUT2D eigenvalue weighted by Crippen LogP contribution is 2.23. The Hall–Kier alpha value is 0.220. The molecule has 0 aromatic heterocycles. The van der Waals surface area contributed by atoms with E-state index in [2.05, 4.69) is 24.1 Å². The maximum atomic E-state index is 11.3. The molecule has 0 aliphatic carbocycles. The van der Waals surface area contributed by atoms with Crippen LogP contribution in [-0.2, 0) is 9.84 Å². The van der Waals surface area contributed by atoms with Crippen LogP contribution in [0, 0.1) is 0 Å². The highest BCUT2D eigenvalue weighted by Gasteiger charge is 2.28. The normalized spacial score (nSPS) is 36.9. The molecule has 1 N–H and O–H groups in total. The second-order valence-electron chi connectivity index (χ2n) is 5.41. The summed E-state index contributed by atoms with van der Waals surface area (Å²) in [7, 11) is -2.75. The molecule has 18 heavy (non-hydrogen) atoms. The minimum absolute atomic E-state index is 0.182. The van der Waals surface area contributed by atoms with Crippen LogP contribution in [-0.4, -0.2) is 67.5 Å². The van der Waals surface area contributed by atoms with Crippen LogP contribution in [0.2, 0.25) is 0 Å². The smallest absolute Gasteiger partial charge is 0.151 e. The Morgan fingerprint density at radius 3 is 2.83 bits per heavy atom. The number of hydrogen-bond donors (Lipinski definition) is 1. The fourth-order valence-electron chi connectivity index (χ4n) is 2.68. The average molecular weight is 292 g/mol. The summed E-state index contributed by atoms with van der Waals surface area (Å²) in [4.78, 5) is 2.51. The predicted molar refractivity (Wildman–Crippen MR) is 78.0 cm³/mol. The van der Waals surface area contributed by atoms with Gasteiger partial charge in [-0.25, -0.2) is 8.42 Å². The van der Waals surface area contributed by atoms with Crippen molar-refractivity contribution in [2.24, 2.45) is 0 Å². The SMILES string of the molecule is CC1SCCN(CCNC2CCS(=O)(=O)C2)C1C. The van der Waals surface area contributed by atoms with Crippen molar-refractivity contribution in [2.75, 3.05) is 36.9 Å². The molecule has 2 aliphatic rings. The van der Waals surface area contributed by atoms with E-state index >= 15 is 0 Å². The Morgan fingerprint density at radius 2 is 2.17 bits per heavy atom. The van der Waals surface area contributed by atoms with Crippen LogP contribution in [0.1, 0.15) is 20.3 Å². The molecule has 6 heteroatoms. The highest BCUT2D eigenvalue weighted by atomic mass is 32.2. The minimum Gasteiger partial charge on any atom is -0.312 e. The fourth-order valence-corrected chi connectivity index (χ4v) is 5.55. The molecule has 0 aromatic carbocycles. The first-order valence-electron chi connectivity index (χ1n) is 6.77. The molecule has 2 rings (SSSR count). The van der Waals surface area contributed by atoms with Gasteiger partial charge in [-0.05, 0) is 13.3 Å². The fraction of sp³-hybridized carbons (Fsp3) is 1.00. The zero-order chi connectivity index (χ0) is 13.2. The molecule has 2 aliphatic heterocycles. The summed E-state index contributed by atoms with van der Waals surface area (Å²) < 4.78 is 22.7. The third kappa shape index (κ3) is 3.85. The molecule has 106 valence electrons. The molecule has 0 saturated carbocycles. The molecule has 0 amide bonds. The van der Waals surface area contributed by atoms with Crippen molar-refractivity contribution in [1.29, 1.82) is 0 Å². The lowest BCUT2D eigenvalue weighted by atomic mass is 10.2. The summed E-state index contributed by atoms with van der Waals surface area (Å²) in [5, 5.41) is 4.09. The molecule has 0 spiro atoms. The third-order valence-corrected chi connectivity index (χ3v) is 7.18. The summed E-state index contributed by atoms with van der Waals surface area (Å²) in [6.45, 7) is 7.67. The van der Waals surface area contributed by atoms with Gasteiger partial charge in [0.1, 0.15) is 0 Å². The Bertz CT molecular complexity index is 372. The van der Waals surface area contributed by atoms with Crippen LogP contribution < -0.4 is 5.32 Å². The Labute approximate surface area is 115 Å². The molecule has 3 unspecified atom stereocenters. The summed E-state index contributed by atoms with van der Waals surface area (Å²) in [6.07, 6.45) is 0.782. The van der Waals surface area contributed by atoms with Gasteiger partial charge < -0.3 is 5.32 Å². The first-order chi connectivity index (χ1) is 8.48. The van der Waals surface area contributed by atoms with E-state index in [-0.39, 0.29) is 6.04 Å². The van der Waals surface area contributed by atoms with Crippen LogP contribution >= 0.6 is 11.8 Å². The zero-order valence-corrected chi connectivity index (χ0v) is 12.9. The lowest BCUT2D eigenvalue weighted by molar-refractivity contribution is 0.211. The molecule has 0 aromatic rings. The van der Waals surface area contributed by atoms with Gasteiger partial charge in [0.05, 0.1) is 11.5 Å². The molecule has 2 saturated heterocycles. The number of sulfone groups is 1. The van der Waals surface area contributed by atoms with E-state index in [1.54, 1.807) is 0 Å². The topological polar surface area (TPSA) is 49.4 Å². The van der Waals surface area contributed by atoms with Gasteiger partial charge in [-0.1, -0.05) is 6.92 Å². The standard InChI is InChI=1S/C12H24N2O2S2/c1-10-11(2)17-7-6-14(10)5-4-13-12-3-8-18(15,16)9-12/h10-13H,3-9H2,1-2H3. The van der Waals surface area contributed by atoms with E-state index in [1.807, 2.05) is 11.8 Å². The van der Waals surface area contributed by atoms with E-state index in [4.69, 9.17) is 0 Å². The second-order valence-corrected chi connectivity index (χ2v) is 9.12. The predicted octanol–water partition coefficient (Wildman–Crippen LogP) is 0.589. The van der Waals surface area contributed by atoms with Gasteiger partial charge in [-0.2, -0.15) is 11.8 Å². The monoisotopic (exact) mass is 292 g/mol. The Kier molecular flexibility index (Phi) is 4.97. The number of nitrogens with zero attached hydrogens (tertiary/aromatic N) is 1. The molecule has 2 fully saturated rings. The van der Waals surface area contributed by atoms with Crippen LogP contribution in [0.3, 0.4) is 0 Å². The van der Waals surface area contributed by atoms with Crippen molar-refractivity contribution in [2.45, 2.75) is 37.6 Å². The quantitative estimate of drug-likeness (QED) is 0.822. The van der Waals surface area contributed by atoms with Gasteiger partial charge in [0.2, 0.25) is 0 Å². The van der Waals surface area contributed by atoms with Crippen LogP contribution in [0.15, 0.2) is 0 Å². The van der Waals surface area contributed by atoms with Gasteiger partial charge in [0.15, 0.2) is 9.84 Å². The zero-order valence-electron chi connectivity index (χ0n) is 11.3. The number of rotatable bonds is 4. The van der Waals surface area contributed by atoms with E-state index in [0.29, 0.717) is 22.8 Å². The summed E-state index contributed by atoms with van der Waals surface area (Å²) in [5.41, 5.74) is 0. The molecule has 2 heterocycles. The average Bonchev–Trinajstić information content (AvgIpc) is 2.64. The Balaban J connectivity index is 1.69. The molecule has 0 bridgehead atoms. The lowest BCUT2D eigenvalue weighted by Crippen LogP contribution is -2.48. The minimum atomic E-state index is -2.75. The van der Waals surface area contributed by atoms with Crippen molar-refractivity contribution < 1.29 is 8.42 Å². The summed E-state index contributed by atoms with van der Waals surface area (Å²) in [6, 6.07) is 0.805.